The highest BCUT2D eigenvalue weighted by molar-refractivity contribution is 5.19. The molecule has 120 valence electrons. The van der Waals surface area contributed by atoms with Crippen LogP contribution in [0.4, 0.5) is 0 Å². The summed E-state index contributed by atoms with van der Waals surface area (Å²) in [6.45, 7) is 8.00. The Morgan fingerprint density at radius 1 is 1.14 bits per heavy atom. The molecule has 0 amide bonds. The van der Waals surface area contributed by atoms with Crippen LogP contribution in [0.15, 0.2) is 30.3 Å². The molecule has 3 heteroatoms. The van der Waals surface area contributed by atoms with Crippen LogP contribution in [0.5, 0.6) is 0 Å². The molecule has 2 N–H and O–H groups in total. The Morgan fingerprint density at radius 3 is 2.48 bits per heavy atom. The van der Waals surface area contributed by atoms with E-state index in [2.05, 4.69) is 61.4 Å². The van der Waals surface area contributed by atoms with Gasteiger partial charge in [-0.2, -0.15) is 0 Å². The second-order valence-corrected chi connectivity index (χ2v) is 5.97. The minimum absolute atomic E-state index is 0.316. The van der Waals surface area contributed by atoms with Crippen molar-refractivity contribution in [2.24, 2.45) is 5.92 Å². The second-order valence-electron chi connectivity index (χ2n) is 5.97. The molecule has 0 radical (unpaired) electrons. The Bertz CT molecular complexity index is 355. The first-order valence-corrected chi connectivity index (χ1v) is 8.26. The van der Waals surface area contributed by atoms with E-state index in [1.165, 1.54) is 12.0 Å². The van der Waals surface area contributed by atoms with Crippen LogP contribution in [0.1, 0.15) is 44.7 Å². The lowest BCUT2D eigenvalue weighted by Gasteiger charge is -2.29. The summed E-state index contributed by atoms with van der Waals surface area (Å²) in [5, 5.41) is 12.4. The van der Waals surface area contributed by atoms with E-state index in [9.17, 15) is 0 Å². The first kappa shape index (κ1) is 18.1. The van der Waals surface area contributed by atoms with Crippen molar-refractivity contribution in [1.29, 1.82) is 0 Å². The van der Waals surface area contributed by atoms with E-state index < -0.39 is 0 Å². The SMILES string of the molecule is CCNC(c1ccccc1)C(C)CN(C)CCCCCO. The minimum atomic E-state index is 0.316. The zero-order chi connectivity index (χ0) is 15.5. The van der Waals surface area contributed by atoms with Crippen molar-refractivity contribution >= 4 is 0 Å². The van der Waals surface area contributed by atoms with Crippen molar-refractivity contribution in [2.45, 2.75) is 39.2 Å². The predicted octanol–water partition coefficient (Wildman–Crippen LogP) is 3.07. The fraction of sp³-hybridized carbons (Fsp3) is 0.667. The van der Waals surface area contributed by atoms with Crippen molar-refractivity contribution in [3.8, 4) is 0 Å². The van der Waals surface area contributed by atoms with Crippen LogP contribution in [-0.4, -0.2) is 43.3 Å². The van der Waals surface area contributed by atoms with E-state index in [1.54, 1.807) is 0 Å². The first-order valence-electron chi connectivity index (χ1n) is 8.26. The molecule has 1 rings (SSSR count). The standard InChI is InChI=1S/C18H32N2O/c1-4-19-18(17-11-7-5-8-12-17)16(2)15-20(3)13-9-6-10-14-21/h5,7-8,11-12,16,18-19,21H,4,6,9-10,13-15H2,1-3H3. The summed E-state index contributed by atoms with van der Waals surface area (Å²) < 4.78 is 0. The maximum Gasteiger partial charge on any atom is 0.0431 e. The van der Waals surface area contributed by atoms with Gasteiger partial charge in [-0.1, -0.05) is 44.2 Å². The van der Waals surface area contributed by atoms with Gasteiger partial charge in [0.1, 0.15) is 0 Å². The molecule has 0 heterocycles. The topological polar surface area (TPSA) is 35.5 Å². The molecule has 0 saturated carbocycles. The normalized spacial score (nSPS) is 14.3. The average Bonchev–Trinajstić information content (AvgIpc) is 2.50. The van der Waals surface area contributed by atoms with E-state index in [0.717, 1.165) is 32.5 Å². The molecule has 21 heavy (non-hydrogen) atoms. The molecule has 0 bridgehead atoms. The lowest BCUT2D eigenvalue weighted by atomic mass is 9.94. The molecule has 1 aromatic carbocycles. The number of nitrogens with one attached hydrogen (secondary N) is 1. The maximum absolute atomic E-state index is 8.81. The summed E-state index contributed by atoms with van der Waals surface area (Å²) in [7, 11) is 2.20. The highest BCUT2D eigenvalue weighted by Gasteiger charge is 2.19. The van der Waals surface area contributed by atoms with Crippen molar-refractivity contribution < 1.29 is 5.11 Å². The summed E-state index contributed by atoms with van der Waals surface area (Å²) in [5.41, 5.74) is 1.38. The van der Waals surface area contributed by atoms with Gasteiger partial charge in [0.2, 0.25) is 0 Å². The molecule has 0 aliphatic carbocycles. The van der Waals surface area contributed by atoms with Gasteiger partial charge >= 0.3 is 0 Å². The number of hydrogen-bond donors (Lipinski definition) is 2. The molecule has 0 aromatic heterocycles. The first-order chi connectivity index (χ1) is 10.2. The van der Waals surface area contributed by atoms with Gasteiger partial charge in [-0.05, 0) is 50.9 Å². The molecule has 0 saturated heterocycles. The van der Waals surface area contributed by atoms with Gasteiger partial charge in [-0.3, -0.25) is 0 Å². The third-order valence-corrected chi connectivity index (χ3v) is 3.95. The van der Waals surface area contributed by atoms with Gasteiger partial charge in [-0.15, -0.1) is 0 Å². The molecule has 1 aromatic rings. The van der Waals surface area contributed by atoms with Gasteiger partial charge in [0.25, 0.3) is 0 Å². The number of aliphatic hydroxyl groups excluding tert-OH is 1. The van der Waals surface area contributed by atoms with Crippen molar-refractivity contribution in [3.63, 3.8) is 0 Å². The molecular weight excluding hydrogens is 260 g/mol. The lowest BCUT2D eigenvalue weighted by Crippen LogP contribution is -2.34. The quantitative estimate of drug-likeness (QED) is 0.615. The van der Waals surface area contributed by atoms with Crippen molar-refractivity contribution in [2.75, 3.05) is 33.3 Å². The van der Waals surface area contributed by atoms with Crippen molar-refractivity contribution in [1.82, 2.24) is 10.2 Å². The fourth-order valence-electron chi connectivity index (χ4n) is 2.89. The monoisotopic (exact) mass is 292 g/mol. The lowest BCUT2D eigenvalue weighted by molar-refractivity contribution is 0.237. The summed E-state index contributed by atoms with van der Waals surface area (Å²) >= 11 is 0. The van der Waals surface area contributed by atoms with Gasteiger partial charge in [0.15, 0.2) is 0 Å². The van der Waals surface area contributed by atoms with Crippen LogP contribution < -0.4 is 5.32 Å². The van der Waals surface area contributed by atoms with Crippen LogP contribution in [0, 0.1) is 5.92 Å². The Hall–Kier alpha value is -0.900. The summed E-state index contributed by atoms with van der Waals surface area (Å²) in [5.74, 6) is 0.565. The Morgan fingerprint density at radius 2 is 1.86 bits per heavy atom. The number of unbranched alkanes of at least 4 members (excludes halogenated alkanes) is 2. The zero-order valence-corrected chi connectivity index (χ0v) is 13.9. The third-order valence-electron chi connectivity index (χ3n) is 3.95. The number of aliphatic hydroxyl groups is 1. The number of nitrogens with zero attached hydrogens (tertiary/aromatic N) is 1. The van der Waals surface area contributed by atoms with Gasteiger partial charge in [-0.25, -0.2) is 0 Å². The number of hydrogen-bond acceptors (Lipinski definition) is 3. The molecule has 2 unspecified atom stereocenters. The van der Waals surface area contributed by atoms with Crippen LogP contribution in [0.2, 0.25) is 0 Å². The fourth-order valence-corrected chi connectivity index (χ4v) is 2.89. The average molecular weight is 292 g/mol. The zero-order valence-electron chi connectivity index (χ0n) is 13.9. The van der Waals surface area contributed by atoms with E-state index in [-0.39, 0.29) is 0 Å². The third kappa shape index (κ3) is 7.07. The van der Waals surface area contributed by atoms with Gasteiger partial charge in [0.05, 0.1) is 0 Å². The van der Waals surface area contributed by atoms with E-state index in [4.69, 9.17) is 5.11 Å². The summed E-state index contributed by atoms with van der Waals surface area (Å²) in [6, 6.07) is 11.1. The number of rotatable bonds is 11. The second kappa shape index (κ2) is 10.8. The summed E-state index contributed by atoms with van der Waals surface area (Å²) in [6.07, 6.45) is 3.21. The number of benzene rings is 1. The Labute approximate surface area is 130 Å². The maximum atomic E-state index is 8.81. The predicted molar refractivity (Wildman–Crippen MR) is 90.5 cm³/mol. The van der Waals surface area contributed by atoms with Gasteiger partial charge < -0.3 is 15.3 Å². The van der Waals surface area contributed by atoms with E-state index in [1.807, 2.05) is 0 Å². The van der Waals surface area contributed by atoms with Crippen LogP contribution in [-0.2, 0) is 0 Å². The van der Waals surface area contributed by atoms with E-state index in [0.29, 0.717) is 18.6 Å². The largest absolute Gasteiger partial charge is 0.396 e. The van der Waals surface area contributed by atoms with Crippen molar-refractivity contribution in [3.05, 3.63) is 35.9 Å². The van der Waals surface area contributed by atoms with Gasteiger partial charge in [0, 0.05) is 19.2 Å². The molecule has 0 spiro atoms. The van der Waals surface area contributed by atoms with Crippen LogP contribution in [0.3, 0.4) is 0 Å². The summed E-state index contributed by atoms with van der Waals surface area (Å²) in [4.78, 5) is 2.41. The Balaban J connectivity index is 2.47. The molecule has 0 fully saturated rings. The Kier molecular flexibility index (Phi) is 9.31. The minimum Gasteiger partial charge on any atom is -0.396 e. The highest BCUT2D eigenvalue weighted by atomic mass is 16.2. The molecule has 0 aliphatic heterocycles. The van der Waals surface area contributed by atoms with Crippen LogP contribution in [0.25, 0.3) is 0 Å². The highest BCUT2D eigenvalue weighted by Crippen LogP contribution is 2.22. The molecule has 3 nitrogen and oxygen atoms in total. The smallest absolute Gasteiger partial charge is 0.0431 e. The molecular formula is C18H32N2O. The molecule has 0 aliphatic rings. The van der Waals surface area contributed by atoms with E-state index >= 15 is 0 Å². The molecule has 2 atom stereocenters. The van der Waals surface area contributed by atoms with Crippen LogP contribution >= 0.6 is 0 Å².